The van der Waals surface area contributed by atoms with Gasteiger partial charge in [0.1, 0.15) is 18.0 Å². The van der Waals surface area contributed by atoms with Crippen LogP contribution in [0.5, 0.6) is 0 Å². The SMILES string of the molecule is Cc1nccc(-c2cccc(CC(C)c3ncnc(-c4ccccc4)n3)c2)n1. The first-order chi connectivity index (χ1) is 13.7. The molecule has 0 spiro atoms. The standard InChI is InChI=1S/C23H21N5/c1-16(22-25-15-26-23(28-22)19-8-4-3-5-9-19)13-18-7-6-10-20(14-18)21-11-12-24-17(2)27-21/h3-12,14-16H,13H2,1-2H3. The van der Waals surface area contributed by atoms with E-state index in [2.05, 4.69) is 56.1 Å². The molecule has 0 aliphatic carbocycles. The molecule has 5 heteroatoms. The predicted molar refractivity (Wildman–Crippen MR) is 110 cm³/mol. The molecule has 0 aliphatic heterocycles. The van der Waals surface area contributed by atoms with Crippen LogP contribution in [0.3, 0.4) is 0 Å². The summed E-state index contributed by atoms with van der Waals surface area (Å²) >= 11 is 0. The number of rotatable bonds is 5. The van der Waals surface area contributed by atoms with E-state index in [0.29, 0.717) is 5.82 Å². The molecule has 0 bridgehead atoms. The molecule has 138 valence electrons. The zero-order chi connectivity index (χ0) is 19.3. The molecule has 0 radical (unpaired) electrons. The highest BCUT2D eigenvalue weighted by atomic mass is 15.0. The Bertz CT molecular complexity index is 1080. The lowest BCUT2D eigenvalue weighted by atomic mass is 9.98. The maximum atomic E-state index is 4.69. The number of aryl methyl sites for hydroxylation is 1. The molecule has 0 fully saturated rings. The molecule has 1 atom stereocenters. The van der Waals surface area contributed by atoms with E-state index >= 15 is 0 Å². The molecular formula is C23H21N5. The summed E-state index contributed by atoms with van der Waals surface area (Å²) in [6, 6.07) is 20.4. The van der Waals surface area contributed by atoms with Crippen LogP contribution in [0, 0.1) is 6.92 Å². The molecular weight excluding hydrogens is 346 g/mol. The van der Waals surface area contributed by atoms with E-state index < -0.39 is 0 Å². The van der Waals surface area contributed by atoms with Crippen molar-refractivity contribution in [2.45, 2.75) is 26.2 Å². The van der Waals surface area contributed by atoms with E-state index in [1.54, 1.807) is 12.5 Å². The normalized spacial score (nSPS) is 11.9. The first-order valence-electron chi connectivity index (χ1n) is 9.32. The zero-order valence-corrected chi connectivity index (χ0v) is 15.9. The largest absolute Gasteiger partial charge is 0.242 e. The highest BCUT2D eigenvalue weighted by Gasteiger charge is 2.13. The number of benzene rings is 2. The maximum absolute atomic E-state index is 4.69. The van der Waals surface area contributed by atoms with Crippen LogP contribution in [0.1, 0.15) is 30.1 Å². The summed E-state index contributed by atoms with van der Waals surface area (Å²) < 4.78 is 0. The summed E-state index contributed by atoms with van der Waals surface area (Å²) in [6.45, 7) is 4.05. The van der Waals surface area contributed by atoms with E-state index in [0.717, 1.165) is 34.9 Å². The van der Waals surface area contributed by atoms with Gasteiger partial charge in [-0.15, -0.1) is 0 Å². The van der Waals surface area contributed by atoms with Crippen molar-refractivity contribution in [1.29, 1.82) is 0 Å². The van der Waals surface area contributed by atoms with Crippen molar-refractivity contribution < 1.29 is 0 Å². The van der Waals surface area contributed by atoms with Crippen molar-refractivity contribution in [3.8, 4) is 22.6 Å². The number of nitrogens with zero attached hydrogens (tertiary/aromatic N) is 5. The molecule has 0 saturated carbocycles. The van der Waals surface area contributed by atoms with Crippen LogP contribution in [0.4, 0.5) is 0 Å². The van der Waals surface area contributed by atoms with Gasteiger partial charge in [-0.2, -0.15) is 0 Å². The topological polar surface area (TPSA) is 64.5 Å². The summed E-state index contributed by atoms with van der Waals surface area (Å²) in [4.78, 5) is 22.1. The molecule has 4 aromatic rings. The molecule has 0 amide bonds. The third-order valence-corrected chi connectivity index (χ3v) is 4.60. The Kier molecular flexibility index (Phi) is 5.15. The molecule has 2 heterocycles. The van der Waals surface area contributed by atoms with E-state index in [4.69, 9.17) is 0 Å². The molecule has 2 aromatic carbocycles. The van der Waals surface area contributed by atoms with Gasteiger partial charge in [0.2, 0.25) is 0 Å². The molecule has 5 nitrogen and oxygen atoms in total. The number of aromatic nitrogens is 5. The lowest BCUT2D eigenvalue weighted by molar-refractivity contribution is 0.691. The van der Waals surface area contributed by atoms with Crippen LogP contribution in [-0.4, -0.2) is 24.9 Å². The van der Waals surface area contributed by atoms with Gasteiger partial charge in [0.25, 0.3) is 0 Å². The first-order valence-corrected chi connectivity index (χ1v) is 9.32. The Labute approximate surface area is 164 Å². The average Bonchev–Trinajstić information content (AvgIpc) is 2.75. The van der Waals surface area contributed by atoms with Gasteiger partial charge in [-0.05, 0) is 31.0 Å². The van der Waals surface area contributed by atoms with Gasteiger partial charge in [0.05, 0.1) is 5.69 Å². The Hall–Kier alpha value is -3.47. The minimum atomic E-state index is 0.174. The summed E-state index contributed by atoms with van der Waals surface area (Å²) in [5, 5.41) is 0. The van der Waals surface area contributed by atoms with Crippen LogP contribution in [0.25, 0.3) is 22.6 Å². The van der Waals surface area contributed by atoms with Crippen molar-refractivity contribution in [1.82, 2.24) is 24.9 Å². The van der Waals surface area contributed by atoms with Crippen molar-refractivity contribution in [3.05, 3.63) is 90.4 Å². The van der Waals surface area contributed by atoms with E-state index in [-0.39, 0.29) is 5.92 Å². The smallest absolute Gasteiger partial charge is 0.163 e. The number of hydrogen-bond donors (Lipinski definition) is 0. The number of hydrogen-bond acceptors (Lipinski definition) is 5. The summed E-state index contributed by atoms with van der Waals surface area (Å²) in [6.07, 6.45) is 4.24. The summed E-state index contributed by atoms with van der Waals surface area (Å²) in [7, 11) is 0. The highest BCUT2D eigenvalue weighted by molar-refractivity contribution is 5.59. The third kappa shape index (κ3) is 4.09. The molecule has 0 aliphatic rings. The van der Waals surface area contributed by atoms with Gasteiger partial charge >= 0.3 is 0 Å². The van der Waals surface area contributed by atoms with Crippen molar-refractivity contribution >= 4 is 0 Å². The monoisotopic (exact) mass is 367 g/mol. The minimum absolute atomic E-state index is 0.174. The Balaban J connectivity index is 1.56. The van der Waals surface area contributed by atoms with Crippen LogP contribution in [0.2, 0.25) is 0 Å². The van der Waals surface area contributed by atoms with Gasteiger partial charge in [-0.3, -0.25) is 0 Å². The quantitative estimate of drug-likeness (QED) is 0.514. The zero-order valence-electron chi connectivity index (χ0n) is 15.9. The maximum Gasteiger partial charge on any atom is 0.163 e. The molecule has 0 saturated heterocycles. The predicted octanol–water partition coefficient (Wildman–Crippen LogP) is 4.65. The Morgan fingerprint density at radius 2 is 1.64 bits per heavy atom. The second kappa shape index (κ2) is 8.05. The second-order valence-corrected chi connectivity index (χ2v) is 6.83. The fourth-order valence-electron chi connectivity index (χ4n) is 3.19. The van der Waals surface area contributed by atoms with Gasteiger partial charge in [-0.25, -0.2) is 24.9 Å². The lowest BCUT2D eigenvalue weighted by Gasteiger charge is -2.12. The molecule has 1 unspecified atom stereocenters. The minimum Gasteiger partial charge on any atom is -0.242 e. The van der Waals surface area contributed by atoms with Gasteiger partial charge in [-0.1, -0.05) is 55.5 Å². The van der Waals surface area contributed by atoms with Crippen molar-refractivity contribution in [2.24, 2.45) is 0 Å². The summed E-state index contributed by atoms with van der Waals surface area (Å²) in [5.41, 5.74) is 4.26. The summed E-state index contributed by atoms with van der Waals surface area (Å²) in [5.74, 6) is 2.46. The van der Waals surface area contributed by atoms with Gasteiger partial charge < -0.3 is 0 Å². The Morgan fingerprint density at radius 3 is 2.46 bits per heavy atom. The van der Waals surface area contributed by atoms with Crippen LogP contribution in [0.15, 0.2) is 73.2 Å². The first kappa shape index (κ1) is 17.9. The fourth-order valence-corrected chi connectivity index (χ4v) is 3.19. The van der Waals surface area contributed by atoms with Gasteiger partial charge in [0.15, 0.2) is 5.82 Å². The Morgan fingerprint density at radius 1 is 0.821 bits per heavy atom. The van der Waals surface area contributed by atoms with E-state index in [1.807, 2.05) is 43.3 Å². The van der Waals surface area contributed by atoms with Crippen LogP contribution in [-0.2, 0) is 6.42 Å². The average molecular weight is 367 g/mol. The molecule has 2 aromatic heterocycles. The van der Waals surface area contributed by atoms with E-state index in [1.165, 1.54) is 5.56 Å². The van der Waals surface area contributed by atoms with Crippen molar-refractivity contribution in [2.75, 3.05) is 0 Å². The van der Waals surface area contributed by atoms with Gasteiger partial charge in [0, 0.05) is 23.2 Å². The highest BCUT2D eigenvalue weighted by Crippen LogP contribution is 2.23. The van der Waals surface area contributed by atoms with Crippen LogP contribution >= 0.6 is 0 Å². The van der Waals surface area contributed by atoms with Crippen LogP contribution < -0.4 is 0 Å². The fraction of sp³-hybridized carbons (Fsp3) is 0.174. The van der Waals surface area contributed by atoms with E-state index in [9.17, 15) is 0 Å². The molecule has 28 heavy (non-hydrogen) atoms. The molecule has 0 N–H and O–H groups in total. The van der Waals surface area contributed by atoms with Crippen molar-refractivity contribution in [3.63, 3.8) is 0 Å². The second-order valence-electron chi connectivity index (χ2n) is 6.83. The lowest BCUT2D eigenvalue weighted by Crippen LogP contribution is -2.06. The third-order valence-electron chi connectivity index (χ3n) is 4.60. The molecule has 4 rings (SSSR count).